The number of rotatable bonds is 6. The molecule has 7 heteroatoms. The summed E-state index contributed by atoms with van der Waals surface area (Å²) in [6, 6.07) is 9.09. The minimum Gasteiger partial charge on any atom is -0.338 e. The first-order valence-corrected chi connectivity index (χ1v) is 9.00. The Labute approximate surface area is 147 Å². The topological polar surface area (TPSA) is 42.2 Å². The molecule has 1 aliphatic rings. The molecule has 0 bridgehead atoms. The molecular weight excluding hydrogens is 349 g/mol. The van der Waals surface area contributed by atoms with Crippen LogP contribution in [-0.2, 0) is 13.1 Å². The highest BCUT2D eigenvalue weighted by Crippen LogP contribution is 2.32. The molecule has 1 saturated carbocycles. The lowest BCUT2D eigenvalue weighted by atomic mass is 10.2. The number of hydrogen-bond donors (Lipinski definition) is 0. The molecule has 1 aliphatic carbocycles. The number of halogens is 2. The van der Waals surface area contributed by atoms with Crippen molar-refractivity contribution in [3.63, 3.8) is 0 Å². The lowest BCUT2D eigenvalue weighted by Crippen LogP contribution is -2.26. The number of nitrogens with zero attached hydrogens (tertiary/aromatic N) is 3. The first-order chi connectivity index (χ1) is 11.7. The summed E-state index contributed by atoms with van der Waals surface area (Å²) in [6.45, 7) is 0.931. The van der Waals surface area contributed by atoms with E-state index in [-0.39, 0.29) is 5.82 Å². The van der Waals surface area contributed by atoms with Crippen LogP contribution < -0.4 is 0 Å². The molecule has 0 amide bonds. The average molecular weight is 364 g/mol. The molecule has 4 rings (SSSR count). The highest BCUT2D eigenvalue weighted by Gasteiger charge is 2.31. The van der Waals surface area contributed by atoms with E-state index in [1.807, 2.05) is 17.5 Å². The predicted molar refractivity (Wildman–Crippen MR) is 91.3 cm³/mol. The summed E-state index contributed by atoms with van der Waals surface area (Å²) in [5.74, 6) is 0.857. The summed E-state index contributed by atoms with van der Waals surface area (Å²) in [5.41, 5.74) is 0.518. The second-order valence-electron chi connectivity index (χ2n) is 5.83. The summed E-state index contributed by atoms with van der Waals surface area (Å²) >= 11 is 7.72. The van der Waals surface area contributed by atoms with Crippen LogP contribution in [0, 0.1) is 5.82 Å². The number of benzene rings is 1. The van der Waals surface area contributed by atoms with E-state index in [9.17, 15) is 4.39 Å². The van der Waals surface area contributed by atoms with Gasteiger partial charge in [-0.05, 0) is 36.4 Å². The third-order valence-electron chi connectivity index (χ3n) is 4.03. The van der Waals surface area contributed by atoms with Crippen LogP contribution in [0.5, 0.6) is 0 Å². The summed E-state index contributed by atoms with van der Waals surface area (Å²) in [7, 11) is 0. The highest BCUT2D eigenvalue weighted by atomic mass is 35.5. The standard InChI is InChI=1S/C17H15ClFN3OS/c18-13-3-1-4-14(19)12(13)9-22(11-6-7-11)10-16-20-17(21-23-16)15-5-2-8-24-15/h1-5,8,11H,6-7,9-10H2. The zero-order valence-electron chi connectivity index (χ0n) is 12.8. The number of thiophene rings is 1. The fourth-order valence-electron chi connectivity index (χ4n) is 2.64. The van der Waals surface area contributed by atoms with Gasteiger partial charge in [0.1, 0.15) is 5.82 Å². The van der Waals surface area contributed by atoms with Crippen molar-refractivity contribution in [3.05, 3.63) is 58.0 Å². The van der Waals surface area contributed by atoms with E-state index in [0.29, 0.717) is 41.4 Å². The van der Waals surface area contributed by atoms with Gasteiger partial charge in [-0.2, -0.15) is 4.98 Å². The normalized spacial score (nSPS) is 14.5. The van der Waals surface area contributed by atoms with E-state index >= 15 is 0 Å². The van der Waals surface area contributed by atoms with Gasteiger partial charge in [0.15, 0.2) is 0 Å². The Bertz CT molecular complexity index is 812. The van der Waals surface area contributed by atoms with Crippen LogP contribution >= 0.6 is 22.9 Å². The zero-order valence-corrected chi connectivity index (χ0v) is 14.4. The third kappa shape index (κ3) is 3.36. The molecule has 2 heterocycles. The maximum Gasteiger partial charge on any atom is 0.241 e. The molecule has 1 aromatic carbocycles. The largest absolute Gasteiger partial charge is 0.338 e. The maximum absolute atomic E-state index is 14.1. The Kier molecular flexibility index (Phi) is 4.35. The van der Waals surface area contributed by atoms with Gasteiger partial charge in [-0.25, -0.2) is 4.39 Å². The van der Waals surface area contributed by atoms with Crippen molar-refractivity contribution in [1.29, 1.82) is 0 Å². The van der Waals surface area contributed by atoms with E-state index in [2.05, 4.69) is 15.0 Å². The first kappa shape index (κ1) is 15.7. The zero-order chi connectivity index (χ0) is 16.5. The van der Waals surface area contributed by atoms with Crippen molar-refractivity contribution in [2.24, 2.45) is 0 Å². The molecule has 0 N–H and O–H groups in total. The van der Waals surface area contributed by atoms with E-state index in [1.54, 1.807) is 23.5 Å². The lowest BCUT2D eigenvalue weighted by Gasteiger charge is -2.20. The maximum atomic E-state index is 14.1. The second kappa shape index (κ2) is 6.63. The summed E-state index contributed by atoms with van der Waals surface area (Å²) in [5, 5.41) is 6.45. The van der Waals surface area contributed by atoms with Gasteiger partial charge in [-0.1, -0.05) is 28.9 Å². The molecule has 0 unspecified atom stereocenters. The minimum atomic E-state index is -0.280. The molecule has 0 spiro atoms. The van der Waals surface area contributed by atoms with Gasteiger partial charge in [-0.15, -0.1) is 11.3 Å². The van der Waals surface area contributed by atoms with Crippen LogP contribution in [0.4, 0.5) is 4.39 Å². The molecule has 0 radical (unpaired) electrons. The van der Waals surface area contributed by atoms with Crippen LogP contribution in [0.2, 0.25) is 5.02 Å². The molecule has 1 fully saturated rings. The summed E-state index contributed by atoms with van der Waals surface area (Å²) < 4.78 is 19.4. The van der Waals surface area contributed by atoms with Crippen LogP contribution in [0.3, 0.4) is 0 Å². The predicted octanol–water partition coefficient (Wildman–Crippen LogP) is 4.76. The number of aromatic nitrogens is 2. The Morgan fingerprint density at radius 1 is 1.25 bits per heavy atom. The van der Waals surface area contributed by atoms with Crippen molar-refractivity contribution < 1.29 is 8.91 Å². The van der Waals surface area contributed by atoms with Gasteiger partial charge >= 0.3 is 0 Å². The van der Waals surface area contributed by atoms with Gasteiger partial charge in [0.2, 0.25) is 11.7 Å². The van der Waals surface area contributed by atoms with Crippen LogP contribution in [0.1, 0.15) is 24.3 Å². The Morgan fingerprint density at radius 2 is 2.12 bits per heavy atom. The van der Waals surface area contributed by atoms with Gasteiger partial charge in [-0.3, -0.25) is 4.90 Å². The molecule has 0 aliphatic heterocycles. The highest BCUT2D eigenvalue weighted by molar-refractivity contribution is 7.13. The van der Waals surface area contributed by atoms with Crippen molar-refractivity contribution in [2.75, 3.05) is 0 Å². The molecule has 3 aromatic rings. The Hall–Kier alpha value is -1.76. The molecular formula is C17H15ClFN3OS. The van der Waals surface area contributed by atoms with Gasteiger partial charge in [0.25, 0.3) is 0 Å². The first-order valence-electron chi connectivity index (χ1n) is 7.74. The van der Waals surface area contributed by atoms with Crippen LogP contribution in [-0.4, -0.2) is 21.1 Å². The lowest BCUT2D eigenvalue weighted by molar-refractivity contribution is 0.207. The van der Waals surface area contributed by atoms with Gasteiger partial charge < -0.3 is 4.52 Å². The molecule has 0 saturated heterocycles. The second-order valence-corrected chi connectivity index (χ2v) is 7.18. The van der Waals surface area contributed by atoms with Gasteiger partial charge in [0, 0.05) is 23.2 Å². The average Bonchev–Trinajstić information content (AvgIpc) is 3.08. The van der Waals surface area contributed by atoms with E-state index < -0.39 is 0 Å². The van der Waals surface area contributed by atoms with Crippen LogP contribution in [0.15, 0.2) is 40.2 Å². The van der Waals surface area contributed by atoms with E-state index in [1.165, 1.54) is 6.07 Å². The molecule has 0 atom stereocenters. The van der Waals surface area contributed by atoms with Crippen LogP contribution in [0.25, 0.3) is 10.7 Å². The van der Waals surface area contributed by atoms with Crippen molar-refractivity contribution in [2.45, 2.75) is 32.0 Å². The Balaban J connectivity index is 1.52. The molecule has 124 valence electrons. The molecule has 4 nitrogen and oxygen atoms in total. The van der Waals surface area contributed by atoms with E-state index in [0.717, 1.165) is 17.7 Å². The quantitative estimate of drug-likeness (QED) is 0.633. The monoisotopic (exact) mass is 363 g/mol. The number of hydrogen-bond acceptors (Lipinski definition) is 5. The molecule has 2 aromatic heterocycles. The van der Waals surface area contributed by atoms with E-state index in [4.69, 9.17) is 16.1 Å². The van der Waals surface area contributed by atoms with Crippen molar-refractivity contribution in [1.82, 2.24) is 15.0 Å². The van der Waals surface area contributed by atoms with Crippen molar-refractivity contribution >= 4 is 22.9 Å². The third-order valence-corrected chi connectivity index (χ3v) is 5.25. The SMILES string of the molecule is Fc1cccc(Cl)c1CN(Cc1nc(-c2cccs2)no1)C1CC1. The fourth-order valence-corrected chi connectivity index (χ4v) is 3.51. The van der Waals surface area contributed by atoms with Gasteiger partial charge in [0.05, 0.1) is 11.4 Å². The fraction of sp³-hybridized carbons (Fsp3) is 0.294. The van der Waals surface area contributed by atoms with Crippen molar-refractivity contribution in [3.8, 4) is 10.7 Å². The minimum absolute atomic E-state index is 0.280. The summed E-state index contributed by atoms with van der Waals surface area (Å²) in [6.07, 6.45) is 2.19. The Morgan fingerprint density at radius 3 is 2.83 bits per heavy atom. The smallest absolute Gasteiger partial charge is 0.241 e. The summed E-state index contributed by atoms with van der Waals surface area (Å²) in [4.78, 5) is 7.57. The molecule has 24 heavy (non-hydrogen) atoms.